The molecule has 27 heavy (non-hydrogen) atoms. The third-order valence-electron chi connectivity index (χ3n) is 3.97. The zero-order chi connectivity index (χ0) is 18.2. The number of benzene rings is 1. The van der Waals surface area contributed by atoms with E-state index in [4.69, 9.17) is 9.41 Å². The number of nitrogens with one attached hydrogen (secondary N) is 1. The highest BCUT2D eigenvalue weighted by Gasteiger charge is 2.09. The van der Waals surface area contributed by atoms with E-state index in [0.717, 1.165) is 42.5 Å². The second-order valence-corrected chi connectivity index (χ2v) is 6.05. The summed E-state index contributed by atoms with van der Waals surface area (Å²) >= 11 is 0. The molecule has 6 nitrogen and oxygen atoms in total. The first-order valence-electron chi connectivity index (χ1n) is 8.87. The lowest BCUT2D eigenvalue weighted by molar-refractivity contribution is 0.474. The van der Waals surface area contributed by atoms with Crippen molar-refractivity contribution in [3.63, 3.8) is 0 Å². The quantitative estimate of drug-likeness (QED) is 0.319. The van der Waals surface area contributed by atoms with Gasteiger partial charge in [-0.15, -0.1) is 24.0 Å². The molecule has 144 valence electrons. The smallest absolute Gasteiger partial charge is 0.193 e. The average molecular weight is 479 g/mol. The van der Waals surface area contributed by atoms with E-state index in [1.165, 1.54) is 0 Å². The van der Waals surface area contributed by atoms with Gasteiger partial charge in [-0.25, -0.2) is 4.68 Å². The van der Waals surface area contributed by atoms with Crippen molar-refractivity contribution in [3.05, 3.63) is 72.4 Å². The van der Waals surface area contributed by atoms with Crippen LogP contribution in [0.25, 0.3) is 5.69 Å². The number of hydrogen-bond acceptors (Lipinski definition) is 3. The van der Waals surface area contributed by atoms with Gasteiger partial charge in [-0.1, -0.05) is 18.2 Å². The van der Waals surface area contributed by atoms with E-state index >= 15 is 0 Å². The highest BCUT2D eigenvalue weighted by Crippen LogP contribution is 2.09. The molecule has 0 saturated carbocycles. The molecule has 2 aromatic heterocycles. The highest BCUT2D eigenvalue weighted by atomic mass is 127. The van der Waals surface area contributed by atoms with E-state index in [1.807, 2.05) is 60.4 Å². The Balaban J connectivity index is 0.00000261. The van der Waals surface area contributed by atoms with Gasteiger partial charge in [0.25, 0.3) is 0 Å². The lowest BCUT2D eigenvalue weighted by Crippen LogP contribution is -2.38. The van der Waals surface area contributed by atoms with Crippen LogP contribution in [-0.4, -0.2) is 40.8 Å². The minimum absolute atomic E-state index is 0. The number of aliphatic imine (C=N–C) groups is 1. The summed E-state index contributed by atoms with van der Waals surface area (Å²) in [6.07, 6.45) is 6.44. The van der Waals surface area contributed by atoms with Crippen molar-refractivity contribution >= 4 is 29.9 Å². The summed E-state index contributed by atoms with van der Waals surface area (Å²) in [7, 11) is 2.04. The minimum atomic E-state index is 0. The van der Waals surface area contributed by atoms with E-state index < -0.39 is 0 Å². The Labute approximate surface area is 177 Å². The van der Waals surface area contributed by atoms with Crippen LogP contribution in [0.4, 0.5) is 0 Å². The summed E-state index contributed by atoms with van der Waals surface area (Å²) in [5.74, 6) is 1.84. The van der Waals surface area contributed by atoms with Gasteiger partial charge in [0.05, 0.1) is 18.1 Å². The Hall–Kier alpha value is -2.29. The molecule has 3 aromatic rings. The standard InChI is InChI=1S/C20H25N5O.HI/c1-3-21-20(22-12-11-19-10-7-13-26-19)24(2)15-17-14-23-25(16-17)18-8-5-4-6-9-18;/h4-10,13-14,16H,3,11-12,15H2,1-2H3,(H,21,22);1H. The third kappa shape index (κ3) is 6.13. The van der Waals surface area contributed by atoms with E-state index in [2.05, 4.69) is 28.4 Å². The molecule has 0 aliphatic rings. The molecule has 0 saturated heterocycles. The van der Waals surface area contributed by atoms with Gasteiger partial charge in [-0.05, 0) is 31.2 Å². The minimum Gasteiger partial charge on any atom is -0.469 e. The molecule has 0 unspecified atom stereocenters. The summed E-state index contributed by atoms with van der Waals surface area (Å²) < 4.78 is 7.25. The molecule has 0 aliphatic carbocycles. The van der Waals surface area contributed by atoms with Gasteiger partial charge in [-0.2, -0.15) is 5.10 Å². The van der Waals surface area contributed by atoms with Crippen LogP contribution in [0.2, 0.25) is 0 Å². The van der Waals surface area contributed by atoms with Crippen molar-refractivity contribution in [3.8, 4) is 5.69 Å². The first-order chi connectivity index (χ1) is 12.8. The predicted octanol–water partition coefficient (Wildman–Crippen LogP) is 3.72. The molecule has 0 atom stereocenters. The second-order valence-electron chi connectivity index (χ2n) is 6.05. The Morgan fingerprint density at radius 1 is 1.22 bits per heavy atom. The topological polar surface area (TPSA) is 58.6 Å². The Morgan fingerprint density at radius 3 is 2.74 bits per heavy atom. The Morgan fingerprint density at radius 2 is 2.04 bits per heavy atom. The lowest BCUT2D eigenvalue weighted by Gasteiger charge is -2.21. The number of nitrogens with zero attached hydrogens (tertiary/aromatic N) is 4. The average Bonchev–Trinajstić information content (AvgIpc) is 3.34. The largest absolute Gasteiger partial charge is 0.469 e. The summed E-state index contributed by atoms with van der Waals surface area (Å²) in [4.78, 5) is 6.80. The van der Waals surface area contributed by atoms with E-state index in [0.29, 0.717) is 6.54 Å². The maximum Gasteiger partial charge on any atom is 0.193 e. The second kappa shape index (κ2) is 10.8. The molecule has 0 bridgehead atoms. The third-order valence-corrected chi connectivity index (χ3v) is 3.97. The first kappa shape index (κ1) is 21.0. The maximum absolute atomic E-state index is 5.36. The summed E-state index contributed by atoms with van der Waals surface area (Å²) in [6.45, 7) is 4.32. The van der Waals surface area contributed by atoms with Crippen molar-refractivity contribution < 1.29 is 4.42 Å². The number of hydrogen-bond donors (Lipinski definition) is 1. The Kier molecular flexibility index (Phi) is 8.38. The molecule has 1 aromatic carbocycles. The van der Waals surface area contributed by atoms with E-state index in [-0.39, 0.29) is 24.0 Å². The summed E-state index contributed by atoms with van der Waals surface area (Å²) in [5.41, 5.74) is 2.19. The number of halogens is 1. The van der Waals surface area contributed by atoms with Crippen molar-refractivity contribution in [2.75, 3.05) is 20.1 Å². The number of aromatic nitrogens is 2. The van der Waals surface area contributed by atoms with Gasteiger partial charge >= 0.3 is 0 Å². The zero-order valence-corrected chi connectivity index (χ0v) is 18.0. The van der Waals surface area contributed by atoms with E-state index in [9.17, 15) is 0 Å². The zero-order valence-electron chi connectivity index (χ0n) is 15.7. The molecule has 3 rings (SSSR count). The van der Waals surface area contributed by atoms with Crippen molar-refractivity contribution in [1.82, 2.24) is 20.0 Å². The van der Waals surface area contributed by atoms with Gasteiger partial charge in [0.15, 0.2) is 5.96 Å². The van der Waals surface area contributed by atoms with Crippen LogP contribution >= 0.6 is 24.0 Å². The van der Waals surface area contributed by atoms with E-state index in [1.54, 1.807) is 6.26 Å². The van der Waals surface area contributed by atoms with Crippen LogP contribution in [0.5, 0.6) is 0 Å². The highest BCUT2D eigenvalue weighted by molar-refractivity contribution is 14.0. The predicted molar refractivity (Wildman–Crippen MR) is 119 cm³/mol. The van der Waals surface area contributed by atoms with Crippen molar-refractivity contribution in [2.24, 2.45) is 4.99 Å². The lowest BCUT2D eigenvalue weighted by atomic mass is 10.3. The van der Waals surface area contributed by atoms with Crippen LogP contribution in [-0.2, 0) is 13.0 Å². The number of para-hydroxylation sites is 1. The van der Waals surface area contributed by atoms with Crippen LogP contribution in [0.1, 0.15) is 18.2 Å². The molecule has 7 heteroatoms. The van der Waals surface area contributed by atoms with Gasteiger partial charge < -0.3 is 14.6 Å². The fourth-order valence-corrected chi connectivity index (χ4v) is 2.71. The SMILES string of the molecule is CCNC(=NCCc1ccco1)N(C)Cc1cnn(-c2ccccc2)c1.I. The monoisotopic (exact) mass is 479 g/mol. The first-order valence-corrected chi connectivity index (χ1v) is 8.87. The molecule has 0 fully saturated rings. The fraction of sp³-hybridized carbons (Fsp3) is 0.300. The van der Waals surface area contributed by atoms with Gasteiger partial charge in [0.1, 0.15) is 5.76 Å². The number of rotatable bonds is 7. The van der Waals surface area contributed by atoms with Gasteiger partial charge in [-0.3, -0.25) is 4.99 Å². The van der Waals surface area contributed by atoms with Gasteiger partial charge in [0.2, 0.25) is 0 Å². The van der Waals surface area contributed by atoms with Crippen LogP contribution in [0.3, 0.4) is 0 Å². The van der Waals surface area contributed by atoms with Crippen LogP contribution in [0, 0.1) is 0 Å². The molecular formula is C20H26IN5O. The van der Waals surface area contributed by atoms with Gasteiger partial charge in [0, 0.05) is 44.9 Å². The fourth-order valence-electron chi connectivity index (χ4n) is 2.71. The molecule has 0 radical (unpaired) electrons. The molecule has 0 amide bonds. The van der Waals surface area contributed by atoms with Crippen molar-refractivity contribution in [2.45, 2.75) is 19.9 Å². The maximum atomic E-state index is 5.36. The summed E-state index contributed by atoms with van der Waals surface area (Å²) in [5, 5.41) is 7.80. The van der Waals surface area contributed by atoms with Crippen molar-refractivity contribution in [1.29, 1.82) is 0 Å². The molecule has 0 aliphatic heterocycles. The normalized spacial score (nSPS) is 11.1. The molecular weight excluding hydrogens is 453 g/mol. The van der Waals surface area contributed by atoms with Crippen LogP contribution < -0.4 is 5.32 Å². The Bertz CT molecular complexity index is 814. The number of furan rings is 1. The molecule has 1 N–H and O–H groups in total. The van der Waals surface area contributed by atoms with Crippen LogP contribution in [0.15, 0.2) is 70.5 Å². The molecule has 2 heterocycles. The number of guanidine groups is 1. The molecule has 0 spiro atoms. The summed E-state index contributed by atoms with van der Waals surface area (Å²) in [6, 6.07) is 14.0.